The van der Waals surface area contributed by atoms with Crippen molar-refractivity contribution in [2.75, 3.05) is 45.6 Å². The summed E-state index contributed by atoms with van der Waals surface area (Å²) in [7, 11) is -1.47. The number of rotatable bonds is 12. The molecule has 0 amide bonds. The van der Waals surface area contributed by atoms with Crippen molar-refractivity contribution in [2.24, 2.45) is 5.92 Å². The van der Waals surface area contributed by atoms with Crippen molar-refractivity contribution in [1.82, 2.24) is 9.62 Å². The quantitative estimate of drug-likeness (QED) is 0.547. The van der Waals surface area contributed by atoms with Gasteiger partial charge in [0.25, 0.3) is 0 Å². The molecule has 1 rings (SSSR count). The maximum absolute atomic E-state index is 12.0. The summed E-state index contributed by atoms with van der Waals surface area (Å²) in [5.74, 6) is 0.963. The maximum Gasteiger partial charge on any atom is 0.213 e. The highest BCUT2D eigenvalue weighted by atomic mass is 32.2. The van der Waals surface area contributed by atoms with Gasteiger partial charge < -0.3 is 10.1 Å². The lowest BCUT2D eigenvalue weighted by Gasteiger charge is -2.17. The maximum atomic E-state index is 12.0. The van der Waals surface area contributed by atoms with Gasteiger partial charge in [-0.15, -0.1) is 0 Å². The van der Waals surface area contributed by atoms with Crippen LogP contribution in [0.3, 0.4) is 0 Å². The fourth-order valence-electron chi connectivity index (χ4n) is 1.73. The Morgan fingerprint density at radius 1 is 1.32 bits per heavy atom. The molecule has 1 saturated carbocycles. The fraction of sp³-hybridized carbons (Fsp3) is 1.00. The SMILES string of the molecule is CCNCCCCS(=O)(=O)N(C)CCOCC1CC1. The van der Waals surface area contributed by atoms with Gasteiger partial charge in [0.2, 0.25) is 10.0 Å². The second kappa shape index (κ2) is 8.89. The molecule has 0 aromatic rings. The zero-order chi connectivity index (χ0) is 14.1. The summed E-state index contributed by atoms with van der Waals surface area (Å²) in [6, 6.07) is 0. The highest BCUT2D eigenvalue weighted by Crippen LogP contribution is 2.28. The number of hydrogen-bond acceptors (Lipinski definition) is 4. The number of hydrogen-bond donors (Lipinski definition) is 1. The Kier molecular flexibility index (Phi) is 7.90. The van der Waals surface area contributed by atoms with Crippen molar-refractivity contribution in [3.05, 3.63) is 0 Å². The molecule has 1 N–H and O–H groups in total. The van der Waals surface area contributed by atoms with Crippen molar-refractivity contribution >= 4 is 10.0 Å². The van der Waals surface area contributed by atoms with Gasteiger partial charge >= 0.3 is 0 Å². The largest absolute Gasteiger partial charge is 0.380 e. The third-order valence-corrected chi connectivity index (χ3v) is 5.27. The summed E-state index contributed by atoms with van der Waals surface area (Å²) in [5.41, 5.74) is 0. The number of likely N-dealkylation sites (N-methyl/N-ethyl adjacent to an activating group) is 1. The van der Waals surface area contributed by atoms with Crippen LogP contribution >= 0.6 is 0 Å². The van der Waals surface area contributed by atoms with Gasteiger partial charge in [-0.1, -0.05) is 6.92 Å². The zero-order valence-electron chi connectivity index (χ0n) is 12.2. The lowest BCUT2D eigenvalue weighted by atomic mass is 10.3. The average molecular weight is 292 g/mol. The summed E-state index contributed by atoms with van der Waals surface area (Å²) in [5, 5.41) is 3.19. The molecule has 5 nitrogen and oxygen atoms in total. The average Bonchev–Trinajstić information content (AvgIpc) is 3.18. The monoisotopic (exact) mass is 292 g/mol. The molecule has 1 aliphatic rings. The Balaban J connectivity index is 2.07. The molecule has 114 valence electrons. The summed E-state index contributed by atoms with van der Waals surface area (Å²) in [6.45, 7) is 5.62. The smallest absolute Gasteiger partial charge is 0.213 e. The molecule has 1 fully saturated rings. The Labute approximate surface area is 117 Å². The van der Waals surface area contributed by atoms with Gasteiger partial charge in [0, 0.05) is 20.2 Å². The predicted octanol–water partition coefficient (Wildman–Crippen LogP) is 1.06. The molecule has 19 heavy (non-hydrogen) atoms. The normalized spacial score (nSPS) is 16.2. The van der Waals surface area contributed by atoms with Crippen LogP contribution in [0.2, 0.25) is 0 Å². The van der Waals surface area contributed by atoms with Crippen molar-refractivity contribution in [3.8, 4) is 0 Å². The fourth-order valence-corrected chi connectivity index (χ4v) is 2.97. The molecular formula is C13H28N2O3S. The molecule has 0 atom stereocenters. The van der Waals surface area contributed by atoms with Crippen LogP contribution in [0.15, 0.2) is 0 Å². The van der Waals surface area contributed by atoms with Gasteiger partial charge in [-0.05, 0) is 44.7 Å². The van der Waals surface area contributed by atoms with E-state index >= 15 is 0 Å². The number of nitrogens with one attached hydrogen (secondary N) is 1. The first kappa shape index (κ1) is 16.9. The minimum absolute atomic E-state index is 0.234. The van der Waals surface area contributed by atoms with Crippen molar-refractivity contribution in [2.45, 2.75) is 32.6 Å². The second-order valence-electron chi connectivity index (χ2n) is 5.22. The van der Waals surface area contributed by atoms with Crippen LogP contribution in [0.4, 0.5) is 0 Å². The van der Waals surface area contributed by atoms with E-state index in [-0.39, 0.29) is 5.75 Å². The van der Waals surface area contributed by atoms with Crippen LogP contribution in [0, 0.1) is 5.92 Å². The third-order valence-electron chi connectivity index (χ3n) is 3.33. The highest BCUT2D eigenvalue weighted by Gasteiger charge is 2.21. The predicted molar refractivity (Wildman–Crippen MR) is 77.7 cm³/mol. The summed E-state index contributed by atoms with van der Waals surface area (Å²) in [6.07, 6.45) is 4.14. The first-order valence-electron chi connectivity index (χ1n) is 7.28. The topological polar surface area (TPSA) is 58.6 Å². The third kappa shape index (κ3) is 7.87. The van der Waals surface area contributed by atoms with E-state index in [2.05, 4.69) is 5.32 Å². The Hall–Kier alpha value is -0.170. The first-order chi connectivity index (χ1) is 9.06. The zero-order valence-corrected chi connectivity index (χ0v) is 13.0. The Bertz CT molecular complexity index is 329. The molecule has 0 bridgehead atoms. The molecular weight excluding hydrogens is 264 g/mol. The molecule has 6 heteroatoms. The van der Waals surface area contributed by atoms with Gasteiger partial charge in [0.05, 0.1) is 12.4 Å². The van der Waals surface area contributed by atoms with E-state index in [1.807, 2.05) is 6.92 Å². The second-order valence-corrected chi connectivity index (χ2v) is 7.41. The van der Waals surface area contributed by atoms with E-state index in [4.69, 9.17) is 4.74 Å². The number of unbranched alkanes of at least 4 members (excludes halogenated alkanes) is 1. The van der Waals surface area contributed by atoms with Gasteiger partial charge in [0.15, 0.2) is 0 Å². The summed E-state index contributed by atoms with van der Waals surface area (Å²) < 4.78 is 30.8. The van der Waals surface area contributed by atoms with E-state index in [0.717, 1.165) is 32.0 Å². The van der Waals surface area contributed by atoms with Crippen LogP contribution < -0.4 is 5.32 Å². The lowest BCUT2D eigenvalue weighted by Crippen LogP contribution is -2.32. The standard InChI is InChI=1S/C13H28N2O3S/c1-3-14-8-4-5-11-19(16,17)15(2)9-10-18-12-13-6-7-13/h13-14H,3-12H2,1-2H3. The van der Waals surface area contributed by atoms with Gasteiger partial charge in [-0.25, -0.2) is 12.7 Å². The molecule has 0 aliphatic heterocycles. The van der Waals surface area contributed by atoms with E-state index in [1.54, 1.807) is 7.05 Å². The van der Waals surface area contributed by atoms with Gasteiger partial charge in [-0.3, -0.25) is 0 Å². The van der Waals surface area contributed by atoms with Gasteiger partial charge in [-0.2, -0.15) is 0 Å². The van der Waals surface area contributed by atoms with Crippen LogP contribution in [0.5, 0.6) is 0 Å². The number of sulfonamides is 1. The van der Waals surface area contributed by atoms with Crippen LogP contribution in [0.1, 0.15) is 32.6 Å². The number of ether oxygens (including phenoxy) is 1. The van der Waals surface area contributed by atoms with Crippen LogP contribution in [-0.2, 0) is 14.8 Å². The molecule has 0 heterocycles. The van der Waals surface area contributed by atoms with Crippen molar-refractivity contribution in [3.63, 3.8) is 0 Å². The molecule has 0 aromatic heterocycles. The highest BCUT2D eigenvalue weighted by molar-refractivity contribution is 7.89. The minimum atomic E-state index is -3.11. The number of nitrogens with zero attached hydrogens (tertiary/aromatic N) is 1. The van der Waals surface area contributed by atoms with E-state index < -0.39 is 10.0 Å². The van der Waals surface area contributed by atoms with Gasteiger partial charge in [0.1, 0.15) is 0 Å². The Morgan fingerprint density at radius 2 is 2.05 bits per heavy atom. The Morgan fingerprint density at radius 3 is 2.68 bits per heavy atom. The molecule has 0 unspecified atom stereocenters. The van der Waals surface area contributed by atoms with Crippen LogP contribution in [0.25, 0.3) is 0 Å². The molecule has 0 spiro atoms. The minimum Gasteiger partial charge on any atom is -0.380 e. The molecule has 0 saturated heterocycles. The first-order valence-corrected chi connectivity index (χ1v) is 8.89. The summed E-state index contributed by atoms with van der Waals surface area (Å²) in [4.78, 5) is 0. The van der Waals surface area contributed by atoms with E-state index in [1.165, 1.54) is 17.1 Å². The summed E-state index contributed by atoms with van der Waals surface area (Å²) >= 11 is 0. The molecule has 0 aromatic carbocycles. The molecule has 0 radical (unpaired) electrons. The van der Waals surface area contributed by atoms with Crippen LogP contribution in [-0.4, -0.2) is 58.4 Å². The van der Waals surface area contributed by atoms with E-state index in [0.29, 0.717) is 19.6 Å². The lowest BCUT2D eigenvalue weighted by molar-refractivity contribution is 0.117. The molecule has 1 aliphatic carbocycles. The van der Waals surface area contributed by atoms with Crippen molar-refractivity contribution < 1.29 is 13.2 Å². The van der Waals surface area contributed by atoms with E-state index in [9.17, 15) is 8.42 Å². The van der Waals surface area contributed by atoms with Crippen molar-refractivity contribution in [1.29, 1.82) is 0 Å².